The maximum Gasteiger partial charge on any atom is 0.259 e. The van der Waals surface area contributed by atoms with Crippen LogP contribution in [0.5, 0.6) is 0 Å². The van der Waals surface area contributed by atoms with Crippen molar-refractivity contribution in [3.05, 3.63) is 40.9 Å². The van der Waals surface area contributed by atoms with Crippen LogP contribution in [0.2, 0.25) is 0 Å². The number of anilines is 1. The third-order valence-corrected chi connectivity index (χ3v) is 7.76. The van der Waals surface area contributed by atoms with E-state index in [9.17, 15) is 4.79 Å². The first-order valence-corrected chi connectivity index (χ1v) is 10.1. The molecule has 1 heterocycles. The van der Waals surface area contributed by atoms with Crippen LogP contribution in [0.15, 0.2) is 30.3 Å². The summed E-state index contributed by atoms with van der Waals surface area (Å²) in [5, 5.41) is 10.9. The van der Waals surface area contributed by atoms with Gasteiger partial charge in [-0.15, -0.1) is 10.2 Å². The van der Waals surface area contributed by atoms with Crippen molar-refractivity contribution in [2.75, 3.05) is 11.9 Å². The van der Waals surface area contributed by atoms with Crippen LogP contribution in [-0.4, -0.2) is 23.2 Å². The van der Waals surface area contributed by atoms with Crippen molar-refractivity contribution in [3.63, 3.8) is 0 Å². The monoisotopic (exact) mass is 353 g/mol. The first-order chi connectivity index (χ1) is 12.1. The molecule has 4 nitrogen and oxygen atoms in total. The fraction of sp³-hybridized carbons (Fsp3) is 0.550. The third kappa shape index (κ3) is 2.51. The van der Waals surface area contributed by atoms with Crippen LogP contribution in [0.4, 0.5) is 5.13 Å². The summed E-state index contributed by atoms with van der Waals surface area (Å²) in [5.74, 6) is 2.65. The largest absolute Gasteiger partial charge is 0.286 e. The molecule has 25 heavy (non-hydrogen) atoms. The second-order valence-electron chi connectivity index (χ2n) is 8.32. The molecule has 1 aromatic heterocycles. The summed E-state index contributed by atoms with van der Waals surface area (Å²) in [5.41, 5.74) is 0.943. The predicted octanol–water partition coefficient (Wildman–Crippen LogP) is 4.28. The zero-order valence-electron chi connectivity index (χ0n) is 14.5. The van der Waals surface area contributed by atoms with Crippen molar-refractivity contribution in [1.82, 2.24) is 10.2 Å². The highest BCUT2D eigenvalue weighted by molar-refractivity contribution is 7.15. The van der Waals surface area contributed by atoms with Gasteiger partial charge in [-0.2, -0.15) is 0 Å². The molecule has 0 atom stereocenters. The molecule has 0 saturated heterocycles. The van der Waals surface area contributed by atoms with E-state index in [1.807, 2.05) is 30.3 Å². The summed E-state index contributed by atoms with van der Waals surface area (Å²) in [6, 6.07) is 9.40. The lowest BCUT2D eigenvalue weighted by atomic mass is 9.50. The van der Waals surface area contributed by atoms with Crippen LogP contribution >= 0.6 is 11.3 Å². The smallest absolute Gasteiger partial charge is 0.259 e. The van der Waals surface area contributed by atoms with Gasteiger partial charge in [-0.25, -0.2) is 0 Å². The molecular formula is C20H23N3OS. The number of rotatable bonds is 3. The minimum Gasteiger partial charge on any atom is -0.286 e. The Morgan fingerprint density at radius 3 is 2.24 bits per heavy atom. The molecule has 2 aromatic rings. The van der Waals surface area contributed by atoms with Crippen molar-refractivity contribution >= 4 is 22.4 Å². The first-order valence-electron chi connectivity index (χ1n) is 9.30. The van der Waals surface area contributed by atoms with E-state index < -0.39 is 0 Å². The number of amides is 1. The lowest BCUT2D eigenvalue weighted by molar-refractivity contribution is -0.00555. The number of carbonyl (C=O) groups is 1. The minimum atomic E-state index is -0.0196. The molecule has 5 heteroatoms. The van der Waals surface area contributed by atoms with Crippen LogP contribution in [0.1, 0.15) is 53.9 Å². The van der Waals surface area contributed by atoms with Crippen molar-refractivity contribution in [2.24, 2.45) is 17.8 Å². The summed E-state index contributed by atoms with van der Waals surface area (Å²) in [4.78, 5) is 14.3. The van der Waals surface area contributed by atoms with Gasteiger partial charge in [0.2, 0.25) is 5.13 Å². The van der Waals surface area contributed by atoms with Crippen LogP contribution in [0.3, 0.4) is 0 Å². The summed E-state index contributed by atoms with van der Waals surface area (Å²) in [7, 11) is 1.80. The van der Waals surface area contributed by atoms with Gasteiger partial charge in [-0.1, -0.05) is 29.5 Å². The highest BCUT2D eigenvalue weighted by Gasteiger charge is 2.53. The average molecular weight is 353 g/mol. The molecular weight excluding hydrogens is 330 g/mol. The fourth-order valence-corrected chi connectivity index (χ4v) is 6.82. The average Bonchev–Trinajstić information content (AvgIpc) is 3.11. The van der Waals surface area contributed by atoms with Crippen LogP contribution < -0.4 is 4.90 Å². The Balaban J connectivity index is 1.41. The molecule has 0 radical (unpaired) electrons. The number of hydrogen-bond donors (Lipinski definition) is 0. The van der Waals surface area contributed by atoms with Crippen LogP contribution in [0.25, 0.3) is 0 Å². The van der Waals surface area contributed by atoms with Crippen LogP contribution in [-0.2, 0) is 5.41 Å². The van der Waals surface area contributed by atoms with Gasteiger partial charge in [0.1, 0.15) is 5.01 Å². The van der Waals surface area contributed by atoms with E-state index in [0.717, 1.165) is 22.9 Å². The van der Waals surface area contributed by atoms with Crippen molar-refractivity contribution < 1.29 is 4.79 Å². The third-order valence-electron chi connectivity index (χ3n) is 6.52. The number of aromatic nitrogens is 2. The van der Waals surface area contributed by atoms with Gasteiger partial charge in [0.05, 0.1) is 0 Å². The summed E-state index contributed by atoms with van der Waals surface area (Å²) in [6.07, 6.45) is 8.13. The molecule has 0 N–H and O–H groups in total. The van der Waals surface area contributed by atoms with Crippen molar-refractivity contribution in [2.45, 2.75) is 43.9 Å². The Morgan fingerprint density at radius 1 is 1.04 bits per heavy atom. The maximum absolute atomic E-state index is 12.7. The number of hydrogen-bond acceptors (Lipinski definition) is 4. The molecule has 4 aliphatic rings. The number of benzene rings is 1. The Kier molecular flexibility index (Phi) is 3.49. The predicted molar refractivity (Wildman–Crippen MR) is 98.9 cm³/mol. The van der Waals surface area contributed by atoms with Gasteiger partial charge in [0.15, 0.2) is 0 Å². The van der Waals surface area contributed by atoms with E-state index in [0.29, 0.717) is 5.56 Å². The maximum atomic E-state index is 12.7. The summed E-state index contributed by atoms with van der Waals surface area (Å²) in [6.45, 7) is 0. The zero-order valence-corrected chi connectivity index (χ0v) is 15.3. The molecule has 0 aliphatic heterocycles. The lowest BCUT2D eigenvalue weighted by Gasteiger charge is -2.55. The molecule has 4 fully saturated rings. The van der Waals surface area contributed by atoms with E-state index in [1.54, 1.807) is 23.3 Å². The van der Waals surface area contributed by atoms with E-state index in [2.05, 4.69) is 10.2 Å². The standard InChI is InChI=1S/C20H23N3OS/c1-23(17(24)16-5-3-2-4-6-16)19-22-21-18(25-19)20-10-13-7-14(11-20)9-15(8-13)12-20/h2-6,13-15H,7-12H2,1H3. The second-order valence-corrected chi connectivity index (χ2v) is 9.27. The van der Waals surface area contributed by atoms with Gasteiger partial charge in [0.25, 0.3) is 5.91 Å². The Morgan fingerprint density at radius 2 is 1.64 bits per heavy atom. The van der Waals surface area contributed by atoms with Gasteiger partial charge >= 0.3 is 0 Å². The van der Waals surface area contributed by atoms with Gasteiger partial charge in [-0.3, -0.25) is 9.69 Å². The molecule has 4 saturated carbocycles. The second kappa shape index (κ2) is 5.63. The summed E-state index contributed by atoms with van der Waals surface area (Å²) >= 11 is 1.64. The lowest BCUT2D eigenvalue weighted by Crippen LogP contribution is -2.48. The van der Waals surface area contributed by atoms with Crippen molar-refractivity contribution in [1.29, 1.82) is 0 Å². The highest BCUT2D eigenvalue weighted by atomic mass is 32.1. The highest BCUT2D eigenvalue weighted by Crippen LogP contribution is 2.61. The molecule has 0 spiro atoms. The normalized spacial score (nSPS) is 32.8. The molecule has 0 unspecified atom stereocenters. The topological polar surface area (TPSA) is 46.1 Å². The minimum absolute atomic E-state index is 0.0196. The molecule has 4 bridgehead atoms. The molecule has 6 rings (SSSR count). The fourth-order valence-electron chi connectivity index (χ4n) is 5.80. The van der Waals surface area contributed by atoms with Gasteiger partial charge in [-0.05, 0) is 68.4 Å². The van der Waals surface area contributed by atoms with Crippen molar-refractivity contribution in [3.8, 4) is 0 Å². The molecule has 1 amide bonds. The van der Waals surface area contributed by atoms with Gasteiger partial charge in [0, 0.05) is 18.0 Å². The number of nitrogens with zero attached hydrogens (tertiary/aromatic N) is 3. The molecule has 4 aliphatic carbocycles. The van der Waals surface area contributed by atoms with Crippen LogP contribution in [0, 0.1) is 17.8 Å². The molecule has 1 aromatic carbocycles. The van der Waals surface area contributed by atoms with E-state index in [1.165, 1.54) is 43.5 Å². The first kappa shape index (κ1) is 15.5. The Labute approximate surface area is 152 Å². The zero-order chi connectivity index (χ0) is 17.0. The van der Waals surface area contributed by atoms with E-state index >= 15 is 0 Å². The Bertz CT molecular complexity index is 765. The quantitative estimate of drug-likeness (QED) is 0.827. The molecule has 130 valence electrons. The Hall–Kier alpha value is -1.75. The van der Waals surface area contributed by atoms with Gasteiger partial charge < -0.3 is 0 Å². The number of carbonyl (C=O) groups excluding carboxylic acids is 1. The van der Waals surface area contributed by atoms with E-state index in [4.69, 9.17) is 0 Å². The SMILES string of the molecule is CN(C(=O)c1ccccc1)c1nnc(C23CC4CC(CC(C4)C2)C3)s1. The van der Waals surface area contributed by atoms with E-state index in [-0.39, 0.29) is 11.3 Å². The summed E-state index contributed by atoms with van der Waals surface area (Å²) < 4.78 is 0.